The van der Waals surface area contributed by atoms with Crippen LogP contribution in [0.2, 0.25) is 0 Å². The molecule has 1 atom stereocenters. The van der Waals surface area contributed by atoms with Crippen LogP contribution in [-0.4, -0.2) is 51.4 Å². The van der Waals surface area contributed by atoms with Gasteiger partial charge in [0.25, 0.3) is 6.43 Å². The summed E-state index contributed by atoms with van der Waals surface area (Å²) in [5.41, 5.74) is -0.0733. The maximum absolute atomic E-state index is 13.8. The van der Waals surface area contributed by atoms with Crippen LogP contribution >= 0.6 is 0 Å². The molecule has 0 spiro atoms. The van der Waals surface area contributed by atoms with Gasteiger partial charge >= 0.3 is 5.97 Å². The van der Waals surface area contributed by atoms with Crippen LogP contribution in [0.1, 0.15) is 17.3 Å². The quantitative estimate of drug-likeness (QED) is 0.775. The second-order valence-corrected chi connectivity index (χ2v) is 4.25. The molecular weight excluding hydrogens is 305 g/mol. The van der Waals surface area contributed by atoms with Gasteiger partial charge in [0.2, 0.25) is 0 Å². The van der Waals surface area contributed by atoms with Crippen LogP contribution in [-0.2, 0) is 4.74 Å². The molecule has 0 radical (unpaired) electrons. The van der Waals surface area contributed by atoms with E-state index in [1.165, 1.54) is 0 Å². The van der Waals surface area contributed by atoms with Gasteiger partial charge in [-0.3, -0.25) is 0 Å². The molecular formula is C12H13F3N4O3. The number of aliphatic hydroxyl groups is 1. The number of esters is 1. The van der Waals surface area contributed by atoms with E-state index in [9.17, 15) is 18.0 Å². The van der Waals surface area contributed by atoms with E-state index in [-0.39, 0.29) is 17.8 Å². The Morgan fingerprint density at radius 2 is 2.27 bits per heavy atom. The summed E-state index contributed by atoms with van der Waals surface area (Å²) in [5, 5.41) is 14.7. The van der Waals surface area contributed by atoms with Crippen LogP contribution in [0.25, 0.3) is 5.65 Å². The molecule has 0 aliphatic carbocycles. The number of aliphatic hydroxyl groups excluding tert-OH is 1. The van der Waals surface area contributed by atoms with Crippen molar-refractivity contribution < 1.29 is 27.8 Å². The van der Waals surface area contributed by atoms with E-state index in [1.54, 1.807) is 6.92 Å². The molecule has 10 heteroatoms. The number of ether oxygens (including phenoxy) is 1. The van der Waals surface area contributed by atoms with E-state index in [0.717, 1.165) is 16.9 Å². The van der Waals surface area contributed by atoms with Crippen LogP contribution < -0.4 is 5.32 Å². The van der Waals surface area contributed by atoms with Gasteiger partial charge in [-0.2, -0.15) is 5.10 Å². The van der Waals surface area contributed by atoms with Gasteiger partial charge in [-0.15, -0.1) is 0 Å². The molecule has 2 aromatic heterocycles. The van der Waals surface area contributed by atoms with Crippen molar-refractivity contribution in [2.45, 2.75) is 19.4 Å². The summed E-state index contributed by atoms with van der Waals surface area (Å²) in [4.78, 5) is 15.5. The highest BCUT2D eigenvalue weighted by Gasteiger charge is 2.23. The van der Waals surface area contributed by atoms with E-state index >= 15 is 0 Å². The highest BCUT2D eigenvalue weighted by Crippen LogP contribution is 2.18. The maximum Gasteiger partial charge on any atom is 0.343 e. The number of anilines is 1. The normalized spacial score (nSPS) is 12.6. The molecule has 0 bridgehead atoms. The SMILES string of the molecule is CCOC(=O)c1cnn2cc(F)c(N[C@@H](CO)C(F)F)nc12. The molecule has 0 aliphatic rings. The summed E-state index contributed by atoms with van der Waals surface area (Å²) >= 11 is 0. The van der Waals surface area contributed by atoms with Gasteiger partial charge in [-0.1, -0.05) is 0 Å². The van der Waals surface area contributed by atoms with Gasteiger partial charge in [0, 0.05) is 0 Å². The van der Waals surface area contributed by atoms with Gasteiger partial charge in [-0.05, 0) is 6.92 Å². The molecule has 7 nitrogen and oxygen atoms in total. The summed E-state index contributed by atoms with van der Waals surface area (Å²) in [7, 11) is 0. The Labute approximate surface area is 122 Å². The maximum atomic E-state index is 13.8. The van der Waals surface area contributed by atoms with Gasteiger partial charge < -0.3 is 15.2 Å². The van der Waals surface area contributed by atoms with Crippen molar-refractivity contribution in [1.29, 1.82) is 0 Å². The molecule has 0 aromatic carbocycles. The third kappa shape index (κ3) is 3.11. The Balaban J connectivity index is 2.41. The number of carbonyl (C=O) groups excluding carboxylic acids is 1. The average molecular weight is 318 g/mol. The standard InChI is InChI=1S/C12H13F3N4O3/c1-2-22-12(21)6-3-16-19-4-7(13)10(18-11(6)19)17-8(5-20)9(14)15/h3-4,8-9,20H,2,5H2,1H3,(H,17,18)/t8-/m0/s1. The third-order valence-corrected chi connectivity index (χ3v) is 2.77. The minimum absolute atomic E-state index is 0.0255. The van der Waals surface area contributed by atoms with E-state index in [1.807, 2.05) is 0 Å². The molecule has 0 aliphatic heterocycles. The van der Waals surface area contributed by atoms with Crippen LogP contribution in [0.15, 0.2) is 12.4 Å². The minimum atomic E-state index is -2.92. The predicted molar refractivity (Wildman–Crippen MR) is 69.4 cm³/mol. The summed E-state index contributed by atoms with van der Waals surface area (Å²) in [6.45, 7) is 0.826. The topological polar surface area (TPSA) is 88.8 Å². The van der Waals surface area contributed by atoms with Crippen LogP contribution in [0.5, 0.6) is 0 Å². The van der Waals surface area contributed by atoms with Crippen LogP contribution in [0.3, 0.4) is 0 Å². The fourth-order valence-electron chi connectivity index (χ4n) is 1.71. The number of alkyl halides is 2. The molecule has 2 N–H and O–H groups in total. The zero-order valence-corrected chi connectivity index (χ0v) is 11.5. The minimum Gasteiger partial charge on any atom is -0.462 e. The van der Waals surface area contributed by atoms with E-state index in [2.05, 4.69) is 15.4 Å². The van der Waals surface area contributed by atoms with Crippen molar-refractivity contribution in [3.63, 3.8) is 0 Å². The van der Waals surface area contributed by atoms with Gasteiger partial charge in [0.1, 0.15) is 11.6 Å². The first-order valence-corrected chi connectivity index (χ1v) is 6.34. The van der Waals surface area contributed by atoms with Gasteiger partial charge in [0.15, 0.2) is 17.3 Å². The van der Waals surface area contributed by atoms with Gasteiger partial charge in [0.05, 0.1) is 25.6 Å². The molecule has 2 heterocycles. The molecule has 2 rings (SSSR count). The first kappa shape index (κ1) is 16.0. The predicted octanol–water partition coefficient (Wildman–Crippen LogP) is 1.08. The van der Waals surface area contributed by atoms with Crippen LogP contribution in [0, 0.1) is 5.82 Å². The smallest absolute Gasteiger partial charge is 0.343 e. The highest BCUT2D eigenvalue weighted by molar-refractivity contribution is 5.95. The van der Waals surface area contributed by atoms with E-state index in [0.29, 0.717) is 0 Å². The highest BCUT2D eigenvalue weighted by atomic mass is 19.3. The van der Waals surface area contributed by atoms with Crippen molar-refractivity contribution >= 4 is 17.4 Å². The van der Waals surface area contributed by atoms with Crippen molar-refractivity contribution in [3.8, 4) is 0 Å². The Morgan fingerprint density at radius 3 is 2.86 bits per heavy atom. The first-order chi connectivity index (χ1) is 10.5. The van der Waals surface area contributed by atoms with E-state index in [4.69, 9.17) is 9.84 Å². The Bertz CT molecular complexity index is 677. The van der Waals surface area contributed by atoms with Crippen molar-refractivity contribution in [3.05, 3.63) is 23.8 Å². The lowest BCUT2D eigenvalue weighted by Gasteiger charge is -2.16. The number of halogens is 3. The molecule has 0 amide bonds. The summed E-state index contributed by atoms with van der Waals surface area (Å²) in [6.07, 6.45) is -0.898. The van der Waals surface area contributed by atoms with Crippen molar-refractivity contribution in [2.24, 2.45) is 0 Å². The first-order valence-electron chi connectivity index (χ1n) is 6.34. The number of nitrogens with zero attached hydrogens (tertiary/aromatic N) is 3. The number of rotatable bonds is 6. The zero-order valence-electron chi connectivity index (χ0n) is 11.5. The Kier molecular flexibility index (Phi) is 4.81. The number of fused-ring (bicyclic) bond motifs is 1. The number of hydrogen-bond acceptors (Lipinski definition) is 6. The summed E-state index contributed by atoms with van der Waals surface area (Å²) in [5.74, 6) is -2.18. The second kappa shape index (κ2) is 6.60. The fourth-order valence-corrected chi connectivity index (χ4v) is 1.71. The monoisotopic (exact) mass is 318 g/mol. The Hall–Kier alpha value is -2.36. The number of hydrogen-bond donors (Lipinski definition) is 2. The average Bonchev–Trinajstić information content (AvgIpc) is 2.87. The molecule has 0 unspecified atom stereocenters. The zero-order chi connectivity index (χ0) is 16.3. The van der Waals surface area contributed by atoms with E-state index < -0.39 is 36.7 Å². The van der Waals surface area contributed by atoms with Crippen LogP contribution in [0.4, 0.5) is 19.0 Å². The number of aromatic nitrogens is 3. The number of carbonyl (C=O) groups is 1. The molecule has 120 valence electrons. The molecule has 0 fully saturated rings. The lowest BCUT2D eigenvalue weighted by atomic mass is 10.3. The molecule has 22 heavy (non-hydrogen) atoms. The van der Waals surface area contributed by atoms with Crippen molar-refractivity contribution in [1.82, 2.24) is 14.6 Å². The summed E-state index contributed by atoms with van der Waals surface area (Å²) in [6, 6.07) is -1.68. The fraction of sp³-hybridized carbons (Fsp3) is 0.417. The lowest BCUT2D eigenvalue weighted by molar-refractivity contribution is 0.0528. The largest absolute Gasteiger partial charge is 0.462 e. The molecule has 2 aromatic rings. The van der Waals surface area contributed by atoms with Gasteiger partial charge in [-0.25, -0.2) is 27.5 Å². The second-order valence-electron chi connectivity index (χ2n) is 4.25. The molecule has 0 saturated heterocycles. The lowest BCUT2D eigenvalue weighted by Crippen LogP contribution is -2.32. The molecule has 0 saturated carbocycles. The Morgan fingerprint density at radius 1 is 1.55 bits per heavy atom. The third-order valence-electron chi connectivity index (χ3n) is 2.77. The summed E-state index contributed by atoms with van der Waals surface area (Å²) < 4.78 is 44.8. The number of nitrogens with one attached hydrogen (secondary N) is 1. The van der Waals surface area contributed by atoms with Crippen molar-refractivity contribution in [2.75, 3.05) is 18.5 Å².